The first-order chi connectivity index (χ1) is 10.3. The highest BCUT2D eigenvalue weighted by atomic mass is 15.3. The van der Waals surface area contributed by atoms with E-state index in [9.17, 15) is 0 Å². The van der Waals surface area contributed by atoms with Gasteiger partial charge in [-0.2, -0.15) is 0 Å². The normalized spacial score (nSPS) is 21.4. The Kier molecular flexibility index (Phi) is 3.27. The van der Waals surface area contributed by atoms with Crippen molar-refractivity contribution < 1.29 is 0 Å². The first-order valence-corrected chi connectivity index (χ1v) is 8.65. The summed E-state index contributed by atoms with van der Waals surface area (Å²) in [5, 5.41) is 3.44. The maximum atomic E-state index is 4.99. The molecule has 0 saturated heterocycles. The minimum atomic E-state index is 0.615. The average Bonchev–Trinajstić information content (AvgIpc) is 3.33. The summed E-state index contributed by atoms with van der Waals surface area (Å²) in [6, 6.07) is 0.737. The molecule has 0 aliphatic heterocycles. The summed E-state index contributed by atoms with van der Waals surface area (Å²) in [6.07, 6.45) is 8.02. The Balaban J connectivity index is 1.69. The predicted molar refractivity (Wildman–Crippen MR) is 86.0 cm³/mol. The van der Waals surface area contributed by atoms with E-state index >= 15 is 0 Å². The lowest BCUT2D eigenvalue weighted by molar-refractivity contribution is 0.700. The number of hydrogen-bond acceptors (Lipinski definition) is 4. The van der Waals surface area contributed by atoms with E-state index in [1.54, 1.807) is 0 Å². The van der Waals surface area contributed by atoms with Crippen LogP contribution < -0.4 is 10.2 Å². The molecule has 3 aliphatic rings. The van der Waals surface area contributed by atoms with Gasteiger partial charge < -0.3 is 10.2 Å². The van der Waals surface area contributed by atoms with Gasteiger partial charge in [-0.05, 0) is 58.3 Å². The lowest BCUT2D eigenvalue weighted by Crippen LogP contribution is -2.30. The van der Waals surface area contributed by atoms with E-state index in [0.29, 0.717) is 5.92 Å². The van der Waals surface area contributed by atoms with Crippen LogP contribution in [0.3, 0.4) is 0 Å². The molecule has 21 heavy (non-hydrogen) atoms. The maximum Gasteiger partial charge on any atom is 0.137 e. The average molecular weight is 286 g/mol. The molecule has 1 aromatic heterocycles. The number of anilines is 2. The van der Waals surface area contributed by atoms with E-state index in [2.05, 4.69) is 24.1 Å². The highest BCUT2D eigenvalue weighted by molar-refractivity contribution is 5.60. The van der Waals surface area contributed by atoms with Crippen LogP contribution in [-0.4, -0.2) is 29.1 Å². The Hall–Kier alpha value is -1.32. The first kappa shape index (κ1) is 13.4. The van der Waals surface area contributed by atoms with Gasteiger partial charge in [-0.1, -0.05) is 0 Å². The quantitative estimate of drug-likeness (QED) is 0.833. The molecule has 0 atom stereocenters. The number of aromatic nitrogens is 2. The second-order valence-corrected chi connectivity index (χ2v) is 7.01. The van der Waals surface area contributed by atoms with E-state index in [1.807, 2.05) is 0 Å². The molecule has 0 amide bonds. The van der Waals surface area contributed by atoms with Crippen molar-refractivity contribution in [1.29, 1.82) is 0 Å². The van der Waals surface area contributed by atoms with Crippen LogP contribution in [0.4, 0.5) is 11.6 Å². The van der Waals surface area contributed by atoms with Gasteiger partial charge >= 0.3 is 0 Å². The molecule has 4 nitrogen and oxygen atoms in total. The van der Waals surface area contributed by atoms with E-state index in [0.717, 1.165) is 30.1 Å². The third-order valence-corrected chi connectivity index (χ3v) is 4.84. The van der Waals surface area contributed by atoms with Crippen LogP contribution >= 0.6 is 0 Å². The summed E-state index contributed by atoms with van der Waals surface area (Å²) < 4.78 is 0. The molecule has 0 unspecified atom stereocenters. The zero-order valence-electron chi connectivity index (χ0n) is 13.2. The third-order valence-electron chi connectivity index (χ3n) is 4.84. The number of nitrogens with one attached hydrogen (secondary N) is 1. The van der Waals surface area contributed by atoms with Crippen LogP contribution in [0.25, 0.3) is 0 Å². The predicted octanol–water partition coefficient (Wildman–Crippen LogP) is 3.47. The molecule has 1 heterocycles. The molecule has 3 fully saturated rings. The lowest BCUT2D eigenvalue weighted by Gasteiger charge is -2.26. The van der Waals surface area contributed by atoms with Crippen molar-refractivity contribution in [3.63, 3.8) is 0 Å². The summed E-state index contributed by atoms with van der Waals surface area (Å²) in [6.45, 7) is 6.46. The van der Waals surface area contributed by atoms with Gasteiger partial charge in [-0.3, -0.25) is 0 Å². The Morgan fingerprint density at radius 3 is 2.43 bits per heavy atom. The van der Waals surface area contributed by atoms with Crippen LogP contribution in [0.2, 0.25) is 0 Å². The summed E-state index contributed by atoms with van der Waals surface area (Å²) in [7, 11) is 0. The summed E-state index contributed by atoms with van der Waals surface area (Å²) in [5.41, 5.74) is 1.24. The molecule has 0 aromatic carbocycles. The van der Waals surface area contributed by atoms with Gasteiger partial charge in [0, 0.05) is 30.6 Å². The van der Waals surface area contributed by atoms with Gasteiger partial charge in [0.25, 0.3) is 0 Å². The Morgan fingerprint density at radius 2 is 1.86 bits per heavy atom. The number of hydrogen-bond donors (Lipinski definition) is 1. The minimum absolute atomic E-state index is 0.615. The van der Waals surface area contributed by atoms with Gasteiger partial charge in [0.1, 0.15) is 17.5 Å². The third kappa shape index (κ3) is 2.85. The van der Waals surface area contributed by atoms with Crippen LogP contribution in [0.15, 0.2) is 0 Å². The summed E-state index contributed by atoms with van der Waals surface area (Å²) >= 11 is 0. The second-order valence-electron chi connectivity index (χ2n) is 7.01. The van der Waals surface area contributed by atoms with Crippen molar-refractivity contribution in [3.8, 4) is 0 Å². The molecule has 0 spiro atoms. The number of rotatable bonds is 7. The van der Waals surface area contributed by atoms with Gasteiger partial charge in [-0.25, -0.2) is 9.97 Å². The van der Waals surface area contributed by atoms with Crippen LogP contribution in [0.5, 0.6) is 0 Å². The van der Waals surface area contributed by atoms with E-state index in [4.69, 9.17) is 9.97 Å². The van der Waals surface area contributed by atoms with E-state index < -0.39 is 0 Å². The summed E-state index contributed by atoms with van der Waals surface area (Å²) in [4.78, 5) is 12.4. The molecule has 0 bridgehead atoms. The topological polar surface area (TPSA) is 41.1 Å². The fourth-order valence-corrected chi connectivity index (χ4v) is 3.04. The Labute approximate surface area is 127 Å². The molecule has 0 radical (unpaired) electrons. The molecule has 4 heteroatoms. The van der Waals surface area contributed by atoms with E-state index in [1.165, 1.54) is 56.5 Å². The molecular weight excluding hydrogens is 260 g/mol. The largest absolute Gasteiger partial charge is 0.370 e. The molecule has 4 rings (SSSR count). The van der Waals surface area contributed by atoms with Crippen LogP contribution in [0, 0.1) is 12.8 Å². The summed E-state index contributed by atoms with van der Waals surface area (Å²) in [5.74, 6) is 4.88. The van der Waals surface area contributed by atoms with Crippen molar-refractivity contribution in [2.75, 3.05) is 23.3 Å². The molecule has 1 aromatic rings. The van der Waals surface area contributed by atoms with Crippen LogP contribution in [-0.2, 0) is 0 Å². The highest BCUT2D eigenvalue weighted by Crippen LogP contribution is 2.42. The standard InChI is InChI=1S/C17H26N4/c1-3-18-15-11(2)17(20-16(19-15)13-6-7-13)21(14-8-9-14)10-12-4-5-12/h12-14H,3-10H2,1-2H3,(H,18,19,20). The second kappa shape index (κ2) is 5.15. The smallest absolute Gasteiger partial charge is 0.137 e. The Bertz CT molecular complexity index is 530. The van der Waals surface area contributed by atoms with Gasteiger partial charge in [-0.15, -0.1) is 0 Å². The van der Waals surface area contributed by atoms with Gasteiger partial charge in [0.05, 0.1) is 0 Å². The highest BCUT2D eigenvalue weighted by Gasteiger charge is 2.37. The monoisotopic (exact) mass is 286 g/mol. The molecular formula is C17H26N4. The molecule has 3 saturated carbocycles. The SMILES string of the molecule is CCNc1nc(C2CC2)nc(N(CC2CC2)C2CC2)c1C. The zero-order valence-corrected chi connectivity index (χ0v) is 13.2. The van der Waals surface area contributed by atoms with Gasteiger partial charge in [0.2, 0.25) is 0 Å². The van der Waals surface area contributed by atoms with E-state index in [-0.39, 0.29) is 0 Å². The fourth-order valence-electron chi connectivity index (χ4n) is 3.04. The van der Waals surface area contributed by atoms with Crippen molar-refractivity contribution in [2.45, 2.75) is 64.3 Å². The maximum absolute atomic E-state index is 4.99. The first-order valence-electron chi connectivity index (χ1n) is 8.65. The van der Waals surface area contributed by atoms with Crippen molar-refractivity contribution in [2.24, 2.45) is 5.92 Å². The fraction of sp³-hybridized carbons (Fsp3) is 0.765. The molecule has 1 N–H and O–H groups in total. The van der Waals surface area contributed by atoms with Gasteiger partial charge in [0.15, 0.2) is 0 Å². The minimum Gasteiger partial charge on any atom is -0.370 e. The van der Waals surface area contributed by atoms with Crippen molar-refractivity contribution >= 4 is 11.6 Å². The number of nitrogens with zero attached hydrogens (tertiary/aromatic N) is 3. The molecule has 3 aliphatic carbocycles. The van der Waals surface area contributed by atoms with Crippen molar-refractivity contribution in [1.82, 2.24) is 9.97 Å². The van der Waals surface area contributed by atoms with Crippen LogP contribution in [0.1, 0.15) is 62.8 Å². The molecule has 114 valence electrons. The lowest BCUT2D eigenvalue weighted by atomic mass is 10.2. The zero-order chi connectivity index (χ0) is 14.4. The Morgan fingerprint density at radius 1 is 1.10 bits per heavy atom. The van der Waals surface area contributed by atoms with Crippen molar-refractivity contribution in [3.05, 3.63) is 11.4 Å².